The molecule has 0 radical (unpaired) electrons. The van der Waals surface area contributed by atoms with Crippen LogP contribution in [0.1, 0.15) is 16.7 Å². The van der Waals surface area contributed by atoms with Crippen molar-refractivity contribution in [3.8, 4) is 0 Å². The molecule has 0 N–H and O–H groups in total. The van der Waals surface area contributed by atoms with Crippen LogP contribution in [0.3, 0.4) is 0 Å². The van der Waals surface area contributed by atoms with Gasteiger partial charge in [-0.05, 0) is 54.8 Å². The van der Waals surface area contributed by atoms with E-state index in [9.17, 15) is 0 Å². The fourth-order valence-corrected chi connectivity index (χ4v) is 6.47. The first-order chi connectivity index (χ1) is 17.6. The Balaban J connectivity index is 1.61. The van der Waals surface area contributed by atoms with E-state index in [1.807, 2.05) is 0 Å². The Morgan fingerprint density at radius 2 is 0.861 bits per heavy atom. The minimum Gasteiger partial charge on any atom is -0.313 e. The fourth-order valence-electron chi connectivity index (χ4n) is 6.47. The van der Waals surface area contributed by atoms with Crippen LogP contribution >= 0.6 is 0 Å². The van der Waals surface area contributed by atoms with Crippen molar-refractivity contribution in [2.24, 2.45) is 0 Å². The number of anilines is 3. The van der Waals surface area contributed by atoms with E-state index in [0.717, 1.165) is 0 Å². The van der Waals surface area contributed by atoms with E-state index in [1.165, 1.54) is 66.5 Å². The van der Waals surface area contributed by atoms with Crippen molar-refractivity contribution in [2.45, 2.75) is 20.8 Å². The lowest BCUT2D eigenvalue weighted by Gasteiger charge is -2.44. The summed E-state index contributed by atoms with van der Waals surface area (Å²) in [5.74, 6) is 0. The first-order valence-corrected chi connectivity index (χ1v) is 12.9. The molecule has 7 rings (SSSR count). The number of hydrogen-bond acceptors (Lipinski definition) is 1. The molecule has 2 aliphatic rings. The van der Waals surface area contributed by atoms with Crippen molar-refractivity contribution in [3.05, 3.63) is 126 Å². The summed E-state index contributed by atoms with van der Waals surface area (Å²) in [6.45, 7) is 7.07. The number of hydrogen-bond donors (Lipinski definition) is 0. The second kappa shape index (κ2) is 8.03. The maximum Gasteiger partial charge on any atom is 0.246 e. The zero-order chi connectivity index (χ0) is 24.4. The van der Waals surface area contributed by atoms with Crippen LogP contribution in [0.25, 0.3) is 0 Å². The second-order valence-corrected chi connectivity index (χ2v) is 10.4. The molecular weight excluding hydrogens is 432 g/mol. The molecule has 0 aromatic heterocycles. The summed E-state index contributed by atoms with van der Waals surface area (Å²) in [5.41, 5.74) is 16.1. The lowest BCUT2D eigenvalue weighted by atomic mass is 9.30. The number of fused-ring (bicyclic) bond motifs is 4. The second-order valence-electron chi connectivity index (χ2n) is 10.4. The standard InChI is InChI=1S/C33H27B2N/c1-22-14-16-31-27(18-22)34(25-10-6-4-7-11-25)29-20-24(3)21-30-33(29)36(31)32-17-15-23(2)19-28(32)35(30)26-12-8-5-9-13-26/h4-21H,1-3H3. The molecule has 5 aromatic rings. The highest BCUT2D eigenvalue weighted by Gasteiger charge is 2.43. The van der Waals surface area contributed by atoms with Gasteiger partial charge in [0.05, 0.1) is 0 Å². The Bertz CT molecular complexity index is 1510. The molecule has 2 heterocycles. The molecule has 5 aromatic carbocycles. The predicted molar refractivity (Wildman–Crippen MR) is 158 cm³/mol. The van der Waals surface area contributed by atoms with Gasteiger partial charge in [-0.25, -0.2) is 0 Å². The summed E-state index contributed by atoms with van der Waals surface area (Å²) in [5, 5.41) is 0. The van der Waals surface area contributed by atoms with Crippen LogP contribution in [-0.4, -0.2) is 13.4 Å². The highest BCUT2D eigenvalue weighted by Crippen LogP contribution is 2.37. The molecule has 0 spiro atoms. The van der Waals surface area contributed by atoms with E-state index >= 15 is 0 Å². The van der Waals surface area contributed by atoms with Crippen molar-refractivity contribution in [1.82, 2.24) is 0 Å². The van der Waals surface area contributed by atoms with E-state index in [0.29, 0.717) is 0 Å². The van der Waals surface area contributed by atoms with Crippen molar-refractivity contribution in [1.29, 1.82) is 0 Å². The summed E-state index contributed by atoms with van der Waals surface area (Å²) >= 11 is 0. The summed E-state index contributed by atoms with van der Waals surface area (Å²) in [4.78, 5) is 2.55. The average Bonchev–Trinajstić information content (AvgIpc) is 2.89. The highest BCUT2D eigenvalue weighted by atomic mass is 15.2. The molecule has 36 heavy (non-hydrogen) atoms. The first kappa shape index (κ1) is 21.3. The smallest absolute Gasteiger partial charge is 0.246 e. The Labute approximate surface area is 214 Å². The molecule has 170 valence electrons. The first-order valence-electron chi connectivity index (χ1n) is 12.9. The topological polar surface area (TPSA) is 3.24 Å². The molecule has 3 heteroatoms. The largest absolute Gasteiger partial charge is 0.313 e. The SMILES string of the molecule is Cc1ccc2c(c1)B(c1ccccc1)c1cc(C)cc3c1N2c1ccc(C)cc1B3c1ccccc1. The number of aryl methyl sites for hydroxylation is 3. The number of nitrogens with zero attached hydrogens (tertiary/aromatic N) is 1. The summed E-state index contributed by atoms with van der Waals surface area (Å²) < 4.78 is 0. The summed E-state index contributed by atoms with van der Waals surface area (Å²) in [6, 6.07) is 40.9. The summed E-state index contributed by atoms with van der Waals surface area (Å²) in [7, 11) is 0. The summed E-state index contributed by atoms with van der Waals surface area (Å²) in [6.07, 6.45) is 0. The van der Waals surface area contributed by atoms with Gasteiger partial charge in [-0.1, -0.05) is 125 Å². The molecule has 0 unspecified atom stereocenters. The molecule has 0 fully saturated rings. The van der Waals surface area contributed by atoms with Gasteiger partial charge in [0.25, 0.3) is 0 Å². The van der Waals surface area contributed by atoms with Crippen LogP contribution in [0.15, 0.2) is 109 Å². The van der Waals surface area contributed by atoms with E-state index in [4.69, 9.17) is 0 Å². The minimum atomic E-state index is 0.203. The van der Waals surface area contributed by atoms with Crippen molar-refractivity contribution >= 4 is 63.3 Å². The molecule has 0 saturated carbocycles. The van der Waals surface area contributed by atoms with Gasteiger partial charge in [-0.15, -0.1) is 0 Å². The Morgan fingerprint density at radius 3 is 1.31 bits per heavy atom. The van der Waals surface area contributed by atoms with Crippen LogP contribution in [-0.2, 0) is 0 Å². The highest BCUT2D eigenvalue weighted by molar-refractivity contribution is 7.02. The Hall–Kier alpha value is -3.97. The van der Waals surface area contributed by atoms with Crippen molar-refractivity contribution in [2.75, 3.05) is 4.90 Å². The molecular formula is C33H27B2N. The van der Waals surface area contributed by atoms with Gasteiger partial charge >= 0.3 is 0 Å². The van der Waals surface area contributed by atoms with Crippen LogP contribution < -0.4 is 37.7 Å². The number of benzene rings is 5. The quantitative estimate of drug-likeness (QED) is 0.357. The molecule has 0 aliphatic carbocycles. The normalized spacial score (nSPS) is 13.2. The van der Waals surface area contributed by atoms with Crippen molar-refractivity contribution in [3.63, 3.8) is 0 Å². The molecule has 1 nitrogen and oxygen atoms in total. The third-order valence-corrected chi connectivity index (χ3v) is 7.89. The fraction of sp³-hybridized carbons (Fsp3) is 0.0909. The van der Waals surface area contributed by atoms with Gasteiger partial charge in [-0.3, -0.25) is 0 Å². The average molecular weight is 459 g/mol. The molecule has 0 atom stereocenters. The lowest BCUT2D eigenvalue weighted by molar-refractivity contribution is 1.28. The maximum absolute atomic E-state index is 2.55. The van der Waals surface area contributed by atoms with Gasteiger partial charge in [0.15, 0.2) is 0 Å². The maximum atomic E-state index is 2.55. The molecule has 2 aliphatic heterocycles. The van der Waals surface area contributed by atoms with Gasteiger partial charge in [0.1, 0.15) is 0 Å². The molecule has 0 saturated heterocycles. The monoisotopic (exact) mass is 459 g/mol. The third kappa shape index (κ3) is 3.12. The third-order valence-electron chi connectivity index (χ3n) is 7.89. The molecule has 0 amide bonds. The van der Waals surface area contributed by atoms with Crippen molar-refractivity contribution < 1.29 is 0 Å². The van der Waals surface area contributed by atoms with Gasteiger partial charge in [-0.2, -0.15) is 0 Å². The van der Waals surface area contributed by atoms with Crippen LogP contribution in [0.4, 0.5) is 17.1 Å². The Kier molecular flexibility index (Phi) is 4.76. The zero-order valence-electron chi connectivity index (χ0n) is 21.0. The van der Waals surface area contributed by atoms with Crippen LogP contribution in [0.5, 0.6) is 0 Å². The predicted octanol–water partition coefficient (Wildman–Crippen LogP) is 3.74. The van der Waals surface area contributed by atoms with E-state index in [-0.39, 0.29) is 13.4 Å². The Morgan fingerprint density at radius 1 is 0.444 bits per heavy atom. The van der Waals surface area contributed by atoms with Crippen LogP contribution in [0.2, 0.25) is 0 Å². The van der Waals surface area contributed by atoms with Gasteiger partial charge in [0.2, 0.25) is 13.4 Å². The number of rotatable bonds is 2. The minimum absolute atomic E-state index is 0.203. The van der Waals surface area contributed by atoms with Crippen LogP contribution in [0, 0.1) is 20.8 Å². The van der Waals surface area contributed by atoms with E-state index < -0.39 is 0 Å². The zero-order valence-corrected chi connectivity index (χ0v) is 21.0. The van der Waals surface area contributed by atoms with Gasteiger partial charge in [0, 0.05) is 17.1 Å². The lowest BCUT2D eigenvalue weighted by Crippen LogP contribution is -2.65. The van der Waals surface area contributed by atoms with E-state index in [1.54, 1.807) is 0 Å². The van der Waals surface area contributed by atoms with Gasteiger partial charge < -0.3 is 4.90 Å². The van der Waals surface area contributed by atoms with E-state index in [2.05, 4.69) is 135 Å². The molecule has 0 bridgehead atoms.